The van der Waals surface area contributed by atoms with Gasteiger partial charge >= 0.3 is 5.97 Å². The lowest BCUT2D eigenvalue weighted by atomic mass is 9.81. The van der Waals surface area contributed by atoms with Gasteiger partial charge in [-0.1, -0.05) is 27.7 Å². The zero-order chi connectivity index (χ0) is 12.2. The highest BCUT2D eigenvalue weighted by atomic mass is 16.5. The predicted octanol–water partition coefficient (Wildman–Crippen LogP) is 2.23. The Bertz CT molecular complexity index is 207. The molecule has 90 valence electrons. The van der Waals surface area contributed by atoms with E-state index in [-0.39, 0.29) is 11.9 Å². The van der Waals surface area contributed by atoms with E-state index in [4.69, 9.17) is 4.74 Å². The van der Waals surface area contributed by atoms with Gasteiger partial charge in [-0.2, -0.15) is 0 Å². The number of esters is 1. The van der Waals surface area contributed by atoms with Crippen molar-refractivity contribution in [1.82, 2.24) is 0 Å². The number of aliphatic hydroxyl groups excluding tert-OH is 1. The van der Waals surface area contributed by atoms with Crippen LogP contribution in [-0.2, 0) is 9.53 Å². The van der Waals surface area contributed by atoms with Gasteiger partial charge in [-0.15, -0.1) is 0 Å². The molecule has 0 saturated heterocycles. The van der Waals surface area contributed by atoms with Crippen LogP contribution >= 0.6 is 0 Å². The Morgan fingerprint density at radius 1 is 1.27 bits per heavy atom. The van der Waals surface area contributed by atoms with Crippen molar-refractivity contribution in [3.8, 4) is 0 Å². The number of hydrogen-bond acceptors (Lipinski definition) is 3. The molecule has 0 aromatic rings. The molecule has 0 fully saturated rings. The third kappa shape index (κ3) is 4.20. The first-order valence-corrected chi connectivity index (χ1v) is 5.54. The highest BCUT2D eigenvalue weighted by molar-refractivity contribution is 5.76. The predicted molar refractivity (Wildman–Crippen MR) is 60.4 cm³/mol. The normalized spacial score (nSPS) is 14.5. The minimum absolute atomic E-state index is 0.0478. The van der Waals surface area contributed by atoms with Crippen LogP contribution in [-0.4, -0.2) is 23.8 Å². The third-order valence-corrected chi connectivity index (χ3v) is 2.44. The molecule has 0 bridgehead atoms. The van der Waals surface area contributed by atoms with Gasteiger partial charge in [0.25, 0.3) is 0 Å². The van der Waals surface area contributed by atoms with Crippen LogP contribution in [0.1, 0.15) is 41.5 Å². The second-order valence-corrected chi connectivity index (χ2v) is 5.40. The van der Waals surface area contributed by atoms with Crippen molar-refractivity contribution in [3.63, 3.8) is 0 Å². The monoisotopic (exact) mass is 216 g/mol. The second kappa shape index (κ2) is 5.50. The maximum absolute atomic E-state index is 11.7. The number of carbonyl (C=O) groups is 1. The first kappa shape index (κ1) is 14.4. The molecule has 0 amide bonds. The average Bonchev–Trinajstić information content (AvgIpc) is 2.12. The summed E-state index contributed by atoms with van der Waals surface area (Å²) in [5.41, 5.74) is -0.830. The summed E-state index contributed by atoms with van der Waals surface area (Å²) in [6.07, 6.45) is -0.669. The average molecular weight is 216 g/mol. The van der Waals surface area contributed by atoms with Gasteiger partial charge in [-0.3, -0.25) is 4.79 Å². The molecule has 0 radical (unpaired) electrons. The molecule has 0 saturated carbocycles. The summed E-state index contributed by atoms with van der Waals surface area (Å²) < 4.78 is 5.14. The maximum atomic E-state index is 11.7. The largest absolute Gasteiger partial charge is 0.465 e. The second-order valence-electron chi connectivity index (χ2n) is 5.40. The van der Waals surface area contributed by atoms with Crippen LogP contribution in [0.4, 0.5) is 0 Å². The molecule has 0 heterocycles. The summed E-state index contributed by atoms with van der Waals surface area (Å²) in [5, 5.41) is 9.89. The summed E-state index contributed by atoms with van der Waals surface area (Å²) in [7, 11) is 0. The molecule has 1 N–H and O–H groups in total. The quantitative estimate of drug-likeness (QED) is 0.717. The summed E-state index contributed by atoms with van der Waals surface area (Å²) >= 11 is 0. The van der Waals surface area contributed by atoms with Gasteiger partial charge in [0.1, 0.15) is 0 Å². The van der Waals surface area contributed by atoms with Crippen molar-refractivity contribution in [2.75, 3.05) is 6.61 Å². The van der Waals surface area contributed by atoms with Crippen molar-refractivity contribution >= 4 is 5.97 Å². The van der Waals surface area contributed by atoms with Gasteiger partial charge in [0.15, 0.2) is 0 Å². The van der Waals surface area contributed by atoms with Gasteiger partial charge in [-0.05, 0) is 25.7 Å². The van der Waals surface area contributed by atoms with E-state index in [0.717, 1.165) is 0 Å². The smallest absolute Gasteiger partial charge is 0.314 e. The SMILES string of the molecule is CC(C)COC(=O)C(C)(C)C(O)C(C)C. The fourth-order valence-electron chi connectivity index (χ4n) is 1.38. The minimum Gasteiger partial charge on any atom is -0.465 e. The van der Waals surface area contributed by atoms with Crippen LogP contribution < -0.4 is 0 Å². The summed E-state index contributed by atoms with van der Waals surface area (Å²) in [6.45, 7) is 11.6. The van der Waals surface area contributed by atoms with E-state index in [2.05, 4.69) is 0 Å². The molecular weight excluding hydrogens is 192 g/mol. The van der Waals surface area contributed by atoms with Crippen LogP contribution in [0.5, 0.6) is 0 Å². The number of carbonyl (C=O) groups excluding carboxylic acids is 1. The van der Waals surface area contributed by atoms with Crippen LogP contribution in [0.2, 0.25) is 0 Å². The summed E-state index contributed by atoms with van der Waals surface area (Å²) in [5.74, 6) is 0.0462. The van der Waals surface area contributed by atoms with E-state index < -0.39 is 11.5 Å². The first-order chi connectivity index (χ1) is 6.69. The van der Waals surface area contributed by atoms with Gasteiger partial charge in [0.05, 0.1) is 18.1 Å². The molecule has 1 unspecified atom stereocenters. The van der Waals surface area contributed by atoms with Crippen molar-refractivity contribution in [3.05, 3.63) is 0 Å². The lowest BCUT2D eigenvalue weighted by molar-refractivity contribution is -0.163. The molecule has 0 aromatic heterocycles. The molecule has 0 aliphatic rings. The van der Waals surface area contributed by atoms with Crippen LogP contribution in [0.3, 0.4) is 0 Å². The van der Waals surface area contributed by atoms with Crippen molar-refractivity contribution < 1.29 is 14.6 Å². The van der Waals surface area contributed by atoms with Crippen molar-refractivity contribution in [2.24, 2.45) is 17.3 Å². The van der Waals surface area contributed by atoms with Crippen LogP contribution in [0.15, 0.2) is 0 Å². The van der Waals surface area contributed by atoms with E-state index in [0.29, 0.717) is 12.5 Å². The first-order valence-electron chi connectivity index (χ1n) is 5.54. The molecule has 1 atom stereocenters. The highest BCUT2D eigenvalue weighted by Gasteiger charge is 2.38. The standard InChI is InChI=1S/C12H24O3/c1-8(2)7-15-11(14)12(5,6)10(13)9(3)4/h8-10,13H,7H2,1-6H3. The lowest BCUT2D eigenvalue weighted by Crippen LogP contribution is -2.41. The van der Waals surface area contributed by atoms with Crippen LogP contribution in [0, 0.1) is 17.3 Å². The molecular formula is C12H24O3. The number of hydrogen-bond donors (Lipinski definition) is 1. The molecule has 0 aliphatic heterocycles. The number of aliphatic hydroxyl groups is 1. The lowest BCUT2D eigenvalue weighted by Gasteiger charge is -2.31. The number of rotatable bonds is 5. The zero-order valence-electron chi connectivity index (χ0n) is 10.7. The molecule has 0 aliphatic carbocycles. The summed E-state index contributed by atoms with van der Waals surface area (Å²) in [4.78, 5) is 11.7. The summed E-state index contributed by atoms with van der Waals surface area (Å²) in [6, 6.07) is 0. The third-order valence-electron chi connectivity index (χ3n) is 2.44. The molecule has 3 nitrogen and oxygen atoms in total. The Morgan fingerprint density at radius 3 is 2.07 bits per heavy atom. The fraction of sp³-hybridized carbons (Fsp3) is 0.917. The Hall–Kier alpha value is -0.570. The molecule has 0 aromatic carbocycles. The van der Waals surface area contributed by atoms with Gasteiger partial charge in [-0.25, -0.2) is 0 Å². The van der Waals surface area contributed by atoms with Crippen molar-refractivity contribution in [2.45, 2.75) is 47.6 Å². The topological polar surface area (TPSA) is 46.5 Å². The van der Waals surface area contributed by atoms with Gasteiger partial charge in [0.2, 0.25) is 0 Å². The fourth-order valence-corrected chi connectivity index (χ4v) is 1.38. The van der Waals surface area contributed by atoms with E-state index in [1.54, 1.807) is 13.8 Å². The van der Waals surface area contributed by atoms with E-state index in [1.807, 2.05) is 27.7 Å². The van der Waals surface area contributed by atoms with E-state index >= 15 is 0 Å². The molecule has 0 spiro atoms. The van der Waals surface area contributed by atoms with Crippen molar-refractivity contribution in [1.29, 1.82) is 0 Å². The maximum Gasteiger partial charge on any atom is 0.314 e. The number of ether oxygens (including phenoxy) is 1. The molecule has 0 rings (SSSR count). The highest BCUT2D eigenvalue weighted by Crippen LogP contribution is 2.27. The van der Waals surface area contributed by atoms with Gasteiger partial charge < -0.3 is 9.84 Å². The molecule has 3 heteroatoms. The van der Waals surface area contributed by atoms with E-state index in [9.17, 15) is 9.90 Å². The van der Waals surface area contributed by atoms with E-state index in [1.165, 1.54) is 0 Å². The Balaban J connectivity index is 4.38. The van der Waals surface area contributed by atoms with Crippen LogP contribution in [0.25, 0.3) is 0 Å². The Morgan fingerprint density at radius 2 is 1.73 bits per heavy atom. The van der Waals surface area contributed by atoms with Gasteiger partial charge in [0, 0.05) is 0 Å². The Labute approximate surface area is 92.8 Å². The Kier molecular flexibility index (Phi) is 5.29. The minimum atomic E-state index is -0.830. The molecule has 15 heavy (non-hydrogen) atoms. The zero-order valence-corrected chi connectivity index (χ0v) is 10.7.